The van der Waals surface area contributed by atoms with Crippen LogP contribution in [0.15, 0.2) is 54.6 Å². The van der Waals surface area contributed by atoms with Crippen LogP contribution in [0, 0.1) is 0 Å². The van der Waals surface area contributed by atoms with Crippen molar-refractivity contribution < 1.29 is 14.3 Å². The van der Waals surface area contributed by atoms with Gasteiger partial charge in [0.05, 0.1) is 6.61 Å². The van der Waals surface area contributed by atoms with E-state index in [9.17, 15) is 9.59 Å². The summed E-state index contributed by atoms with van der Waals surface area (Å²) in [5, 5.41) is 14.2. The predicted octanol–water partition coefficient (Wildman–Crippen LogP) is 2.87. The summed E-state index contributed by atoms with van der Waals surface area (Å²) in [4.78, 5) is 24.6. The van der Waals surface area contributed by atoms with Gasteiger partial charge in [-0.15, -0.1) is 10.2 Å². The molecule has 8 heteroatoms. The van der Waals surface area contributed by atoms with Gasteiger partial charge in [-0.3, -0.25) is 9.59 Å². The van der Waals surface area contributed by atoms with Crippen LogP contribution in [0.5, 0.6) is 0 Å². The monoisotopic (exact) mass is 382 g/mol. The molecule has 0 fully saturated rings. The van der Waals surface area contributed by atoms with Gasteiger partial charge in [0.1, 0.15) is 5.01 Å². The van der Waals surface area contributed by atoms with Gasteiger partial charge in [-0.2, -0.15) is 0 Å². The molecule has 0 bridgehead atoms. The van der Waals surface area contributed by atoms with Gasteiger partial charge in [0, 0.05) is 24.9 Å². The van der Waals surface area contributed by atoms with Gasteiger partial charge in [0.25, 0.3) is 11.8 Å². The number of aromatic nitrogens is 2. The zero-order chi connectivity index (χ0) is 19.1. The van der Waals surface area contributed by atoms with Crippen LogP contribution < -0.4 is 10.6 Å². The number of benzene rings is 2. The number of nitrogens with one attached hydrogen (secondary N) is 2. The Kier molecular flexibility index (Phi) is 6.24. The normalized spacial score (nSPS) is 10.4. The number of hydrogen-bond acceptors (Lipinski definition) is 6. The number of ether oxygens (including phenoxy) is 1. The molecule has 1 aromatic heterocycles. The SMILES string of the molecule is COCc1nnc(C(=O)Nc2cccc(C(=O)NCc3ccccc3)c2)s1. The molecule has 3 aromatic rings. The van der Waals surface area contributed by atoms with E-state index in [4.69, 9.17) is 4.74 Å². The summed E-state index contributed by atoms with van der Waals surface area (Å²) in [6.07, 6.45) is 0. The lowest BCUT2D eigenvalue weighted by atomic mass is 10.1. The molecule has 0 aliphatic heterocycles. The molecule has 0 aliphatic carbocycles. The number of rotatable bonds is 7. The Bertz CT molecular complexity index is 927. The van der Waals surface area contributed by atoms with E-state index in [1.165, 1.54) is 0 Å². The molecule has 3 rings (SSSR count). The van der Waals surface area contributed by atoms with Crippen molar-refractivity contribution in [2.45, 2.75) is 13.2 Å². The maximum atomic E-state index is 12.3. The summed E-state index contributed by atoms with van der Waals surface area (Å²) in [6, 6.07) is 16.4. The van der Waals surface area contributed by atoms with Crippen molar-refractivity contribution >= 4 is 28.8 Å². The van der Waals surface area contributed by atoms with E-state index in [-0.39, 0.29) is 16.8 Å². The molecule has 2 amide bonds. The molecule has 2 N–H and O–H groups in total. The Balaban J connectivity index is 1.62. The van der Waals surface area contributed by atoms with Gasteiger partial charge >= 0.3 is 0 Å². The van der Waals surface area contributed by atoms with Crippen molar-refractivity contribution in [2.75, 3.05) is 12.4 Å². The zero-order valence-electron chi connectivity index (χ0n) is 14.6. The van der Waals surface area contributed by atoms with Crippen LogP contribution in [0.4, 0.5) is 5.69 Å². The fourth-order valence-electron chi connectivity index (χ4n) is 2.33. The Morgan fingerprint density at radius 1 is 1.04 bits per heavy atom. The summed E-state index contributed by atoms with van der Waals surface area (Å²) in [5.41, 5.74) is 1.98. The highest BCUT2D eigenvalue weighted by molar-refractivity contribution is 7.13. The van der Waals surface area contributed by atoms with Crippen molar-refractivity contribution in [3.05, 3.63) is 75.7 Å². The second-order valence-electron chi connectivity index (χ2n) is 5.64. The first-order valence-corrected chi connectivity index (χ1v) is 9.02. The molecule has 0 unspecified atom stereocenters. The molecule has 0 aliphatic rings. The topological polar surface area (TPSA) is 93.2 Å². The van der Waals surface area contributed by atoms with E-state index < -0.39 is 0 Å². The highest BCUT2D eigenvalue weighted by Gasteiger charge is 2.14. The van der Waals surface area contributed by atoms with E-state index in [0.29, 0.717) is 29.4 Å². The van der Waals surface area contributed by atoms with E-state index in [0.717, 1.165) is 16.9 Å². The van der Waals surface area contributed by atoms with Crippen molar-refractivity contribution in [3.63, 3.8) is 0 Å². The average molecular weight is 382 g/mol. The van der Waals surface area contributed by atoms with E-state index in [1.807, 2.05) is 30.3 Å². The molecule has 7 nitrogen and oxygen atoms in total. The third-order valence-electron chi connectivity index (χ3n) is 3.61. The summed E-state index contributed by atoms with van der Waals surface area (Å²) in [6.45, 7) is 0.741. The predicted molar refractivity (Wildman–Crippen MR) is 103 cm³/mol. The lowest BCUT2D eigenvalue weighted by Gasteiger charge is -2.08. The third-order valence-corrected chi connectivity index (χ3v) is 4.50. The molecule has 0 spiro atoms. The van der Waals surface area contributed by atoms with Crippen molar-refractivity contribution in [3.8, 4) is 0 Å². The van der Waals surface area contributed by atoms with Crippen molar-refractivity contribution in [1.82, 2.24) is 15.5 Å². The average Bonchev–Trinajstić information content (AvgIpc) is 3.16. The first-order chi connectivity index (χ1) is 13.2. The van der Waals surface area contributed by atoms with Gasteiger partial charge < -0.3 is 15.4 Å². The van der Waals surface area contributed by atoms with Crippen LogP contribution in [-0.2, 0) is 17.9 Å². The van der Waals surface area contributed by atoms with Crippen LogP contribution in [-0.4, -0.2) is 29.1 Å². The molecule has 0 saturated carbocycles. The van der Waals surface area contributed by atoms with Gasteiger partial charge in [-0.05, 0) is 23.8 Å². The molecule has 138 valence electrons. The zero-order valence-corrected chi connectivity index (χ0v) is 15.5. The molecule has 2 aromatic carbocycles. The number of anilines is 1. The van der Waals surface area contributed by atoms with E-state index >= 15 is 0 Å². The highest BCUT2D eigenvalue weighted by Crippen LogP contribution is 2.15. The minimum atomic E-state index is -0.378. The van der Waals surface area contributed by atoms with Gasteiger partial charge in [-0.25, -0.2) is 0 Å². The maximum absolute atomic E-state index is 12.3. The lowest BCUT2D eigenvalue weighted by Crippen LogP contribution is -2.23. The smallest absolute Gasteiger partial charge is 0.286 e. The van der Waals surface area contributed by atoms with Gasteiger partial charge in [0.15, 0.2) is 0 Å². The lowest BCUT2D eigenvalue weighted by molar-refractivity contribution is 0.0949. The molecule has 0 saturated heterocycles. The summed E-state index contributed by atoms with van der Waals surface area (Å²) < 4.78 is 4.97. The Morgan fingerprint density at radius 3 is 2.63 bits per heavy atom. The summed E-state index contributed by atoms with van der Waals surface area (Å²) in [5.74, 6) is -0.593. The minimum Gasteiger partial charge on any atom is -0.377 e. The van der Waals surface area contributed by atoms with Crippen LogP contribution in [0.25, 0.3) is 0 Å². The molecular formula is C19H18N4O3S. The largest absolute Gasteiger partial charge is 0.377 e. The number of carbonyl (C=O) groups is 2. The minimum absolute atomic E-state index is 0.215. The van der Waals surface area contributed by atoms with E-state index in [1.54, 1.807) is 31.4 Å². The standard InChI is InChI=1S/C19H18N4O3S/c1-26-12-16-22-23-19(27-16)18(25)21-15-9-5-8-14(10-15)17(24)20-11-13-6-3-2-4-7-13/h2-10H,11-12H2,1H3,(H,20,24)(H,21,25). The molecular weight excluding hydrogens is 364 g/mol. The van der Waals surface area contributed by atoms with Crippen LogP contribution in [0.3, 0.4) is 0 Å². The Hall–Kier alpha value is -3.10. The van der Waals surface area contributed by atoms with Crippen molar-refractivity contribution in [2.24, 2.45) is 0 Å². The Labute approximate surface area is 160 Å². The number of methoxy groups -OCH3 is 1. The fourth-order valence-corrected chi connectivity index (χ4v) is 3.04. The van der Waals surface area contributed by atoms with Crippen LogP contribution in [0.2, 0.25) is 0 Å². The van der Waals surface area contributed by atoms with Crippen LogP contribution >= 0.6 is 11.3 Å². The molecule has 27 heavy (non-hydrogen) atoms. The third kappa shape index (κ3) is 5.19. The van der Waals surface area contributed by atoms with Gasteiger partial charge in [-0.1, -0.05) is 47.7 Å². The second kappa shape index (κ2) is 9.02. The van der Waals surface area contributed by atoms with Crippen molar-refractivity contribution in [1.29, 1.82) is 0 Å². The maximum Gasteiger partial charge on any atom is 0.286 e. The number of amides is 2. The molecule has 0 atom stereocenters. The first-order valence-electron chi connectivity index (χ1n) is 8.20. The van der Waals surface area contributed by atoms with Gasteiger partial charge in [0.2, 0.25) is 5.01 Å². The summed E-state index contributed by atoms with van der Waals surface area (Å²) >= 11 is 1.16. The van der Waals surface area contributed by atoms with Crippen LogP contribution in [0.1, 0.15) is 30.7 Å². The summed E-state index contributed by atoms with van der Waals surface area (Å²) in [7, 11) is 1.55. The number of carbonyl (C=O) groups excluding carboxylic acids is 2. The van der Waals surface area contributed by atoms with E-state index in [2.05, 4.69) is 20.8 Å². The Morgan fingerprint density at radius 2 is 1.85 bits per heavy atom. The number of nitrogens with zero attached hydrogens (tertiary/aromatic N) is 2. The molecule has 1 heterocycles. The number of hydrogen-bond donors (Lipinski definition) is 2. The first kappa shape index (κ1) is 18.7. The quantitative estimate of drug-likeness (QED) is 0.655. The molecule has 0 radical (unpaired) electrons. The highest BCUT2D eigenvalue weighted by atomic mass is 32.1. The fraction of sp³-hybridized carbons (Fsp3) is 0.158. The second-order valence-corrected chi connectivity index (χ2v) is 6.70.